The Morgan fingerprint density at radius 2 is 2.00 bits per heavy atom. The standard InChI is InChI=1S/C17H19NO3/c1-3-21-17(19)18-13-9-11-5-4-6-14-15(20-2)8-7-12(10-13)16(11)14/h4-8,13H,3,9-10H2,1-2H3,(H,18,19). The highest BCUT2D eigenvalue weighted by atomic mass is 16.5. The van der Waals surface area contributed by atoms with Gasteiger partial charge in [0.25, 0.3) is 0 Å². The van der Waals surface area contributed by atoms with Crippen molar-refractivity contribution >= 4 is 16.9 Å². The molecule has 1 unspecified atom stereocenters. The molecule has 2 aromatic rings. The second-order valence-electron chi connectivity index (χ2n) is 5.24. The van der Waals surface area contributed by atoms with Crippen LogP contribution in [0.25, 0.3) is 10.8 Å². The molecular weight excluding hydrogens is 266 g/mol. The van der Waals surface area contributed by atoms with E-state index >= 15 is 0 Å². The van der Waals surface area contributed by atoms with Gasteiger partial charge in [-0.05, 0) is 42.3 Å². The molecule has 0 aliphatic heterocycles. The molecule has 0 bridgehead atoms. The maximum atomic E-state index is 11.6. The third kappa shape index (κ3) is 2.53. The van der Waals surface area contributed by atoms with Crippen molar-refractivity contribution in [1.29, 1.82) is 0 Å². The van der Waals surface area contributed by atoms with Crippen LogP contribution in [0.15, 0.2) is 30.3 Å². The number of carbonyl (C=O) groups is 1. The molecule has 2 aromatic carbocycles. The Balaban J connectivity index is 1.94. The normalized spacial score (nSPS) is 16.6. The van der Waals surface area contributed by atoms with Crippen molar-refractivity contribution in [2.75, 3.05) is 13.7 Å². The van der Waals surface area contributed by atoms with E-state index < -0.39 is 0 Å². The van der Waals surface area contributed by atoms with E-state index in [1.54, 1.807) is 7.11 Å². The van der Waals surface area contributed by atoms with Gasteiger partial charge in [-0.25, -0.2) is 4.79 Å². The van der Waals surface area contributed by atoms with E-state index in [4.69, 9.17) is 9.47 Å². The molecule has 1 amide bonds. The number of ether oxygens (including phenoxy) is 2. The van der Waals surface area contributed by atoms with Crippen LogP contribution in [0.2, 0.25) is 0 Å². The molecule has 4 heteroatoms. The molecule has 0 radical (unpaired) electrons. The first kappa shape index (κ1) is 13.7. The topological polar surface area (TPSA) is 47.6 Å². The Morgan fingerprint density at radius 1 is 1.24 bits per heavy atom. The second kappa shape index (κ2) is 5.64. The molecule has 0 aromatic heterocycles. The van der Waals surface area contributed by atoms with Crippen LogP contribution < -0.4 is 10.1 Å². The van der Waals surface area contributed by atoms with Gasteiger partial charge in [-0.2, -0.15) is 0 Å². The van der Waals surface area contributed by atoms with Crippen LogP contribution in [-0.4, -0.2) is 25.9 Å². The first-order valence-corrected chi connectivity index (χ1v) is 7.23. The van der Waals surface area contributed by atoms with Crippen molar-refractivity contribution in [3.63, 3.8) is 0 Å². The lowest BCUT2D eigenvalue weighted by Crippen LogP contribution is -2.39. The predicted molar refractivity (Wildman–Crippen MR) is 81.9 cm³/mol. The maximum Gasteiger partial charge on any atom is 0.407 e. The van der Waals surface area contributed by atoms with Crippen LogP contribution in [0.5, 0.6) is 5.75 Å². The molecule has 3 rings (SSSR count). The van der Waals surface area contributed by atoms with E-state index in [2.05, 4.69) is 23.5 Å². The number of alkyl carbamates (subject to hydrolysis) is 1. The highest BCUT2D eigenvalue weighted by molar-refractivity contribution is 5.94. The number of benzene rings is 2. The molecule has 21 heavy (non-hydrogen) atoms. The summed E-state index contributed by atoms with van der Waals surface area (Å²) in [5.74, 6) is 0.896. The van der Waals surface area contributed by atoms with Crippen LogP contribution >= 0.6 is 0 Å². The smallest absolute Gasteiger partial charge is 0.407 e. The molecule has 110 valence electrons. The summed E-state index contributed by atoms with van der Waals surface area (Å²) in [6.45, 7) is 2.20. The van der Waals surface area contributed by atoms with E-state index in [1.807, 2.05) is 19.1 Å². The van der Waals surface area contributed by atoms with Gasteiger partial charge in [-0.3, -0.25) is 0 Å². The third-order valence-electron chi connectivity index (χ3n) is 3.92. The molecule has 1 N–H and O–H groups in total. The fraction of sp³-hybridized carbons (Fsp3) is 0.353. The quantitative estimate of drug-likeness (QED) is 0.942. The van der Waals surface area contributed by atoms with E-state index in [9.17, 15) is 4.79 Å². The Hall–Kier alpha value is -2.23. The number of nitrogens with one attached hydrogen (secondary N) is 1. The molecule has 4 nitrogen and oxygen atoms in total. The zero-order valence-electron chi connectivity index (χ0n) is 12.3. The molecule has 0 fully saturated rings. The third-order valence-corrected chi connectivity index (χ3v) is 3.92. The monoisotopic (exact) mass is 285 g/mol. The average molecular weight is 285 g/mol. The van der Waals surface area contributed by atoms with Crippen molar-refractivity contribution in [2.24, 2.45) is 0 Å². The lowest BCUT2D eigenvalue weighted by atomic mass is 9.85. The van der Waals surface area contributed by atoms with Gasteiger partial charge in [0.15, 0.2) is 0 Å². The Morgan fingerprint density at radius 3 is 2.71 bits per heavy atom. The number of carbonyl (C=O) groups excluding carboxylic acids is 1. The van der Waals surface area contributed by atoms with E-state index in [-0.39, 0.29) is 12.1 Å². The number of rotatable bonds is 3. The fourth-order valence-electron chi connectivity index (χ4n) is 3.10. The van der Waals surface area contributed by atoms with Crippen LogP contribution in [-0.2, 0) is 17.6 Å². The molecule has 0 saturated heterocycles. The minimum absolute atomic E-state index is 0.0792. The zero-order chi connectivity index (χ0) is 14.8. The molecule has 0 spiro atoms. The summed E-state index contributed by atoms with van der Waals surface area (Å²) >= 11 is 0. The SMILES string of the molecule is CCOC(=O)NC1Cc2cccc3c(OC)ccc(c23)C1. The van der Waals surface area contributed by atoms with Gasteiger partial charge < -0.3 is 14.8 Å². The zero-order valence-corrected chi connectivity index (χ0v) is 12.3. The summed E-state index contributed by atoms with van der Waals surface area (Å²) < 4.78 is 10.4. The van der Waals surface area contributed by atoms with Gasteiger partial charge in [0.2, 0.25) is 0 Å². The van der Waals surface area contributed by atoms with Crippen molar-refractivity contribution in [1.82, 2.24) is 5.32 Å². The Bertz CT molecular complexity index is 669. The Kier molecular flexibility index (Phi) is 3.69. The van der Waals surface area contributed by atoms with E-state index in [0.29, 0.717) is 6.61 Å². The predicted octanol–water partition coefficient (Wildman–Crippen LogP) is 3.06. The second-order valence-corrected chi connectivity index (χ2v) is 5.24. The minimum Gasteiger partial charge on any atom is -0.496 e. The van der Waals surface area contributed by atoms with Crippen LogP contribution in [0.4, 0.5) is 4.79 Å². The summed E-state index contributed by atoms with van der Waals surface area (Å²) in [5.41, 5.74) is 2.49. The molecule has 1 aliphatic rings. The summed E-state index contributed by atoms with van der Waals surface area (Å²) in [6.07, 6.45) is 1.29. The van der Waals surface area contributed by atoms with E-state index in [0.717, 1.165) is 24.0 Å². The first-order chi connectivity index (χ1) is 10.2. The fourth-order valence-corrected chi connectivity index (χ4v) is 3.10. The Labute approximate surface area is 124 Å². The van der Waals surface area contributed by atoms with Gasteiger partial charge >= 0.3 is 6.09 Å². The summed E-state index contributed by atoms with van der Waals surface area (Å²) in [7, 11) is 1.69. The van der Waals surface area contributed by atoms with Crippen molar-refractivity contribution in [3.05, 3.63) is 41.5 Å². The molecule has 1 aliphatic carbocycles. The molecule has 0 heterocycles. The van der Waals surface area contributed by atoms with Gasteiger partial charge in [0, 0.05) is 11.4 Å². The largest absolute Gasteiger partial charge is 0.496 e. The molecular formula is C17H19NO3. The maximum absolute atomic E-state index is 11.6. The van der Waals surface area contributed by atoms with Crippen molar-refractivity contribution < 1.29 is 14.3 Å². The van der Waals surface area contributed by atoms with Crippen LogP contribution in [0.3, 0.4) is 0 Å². The number of methoxy groups -OCH3 is 1. The van der Waals surface area contributed by atoms with Crippen molar-refractivity contribution in [2.45, 2.75) is 25.8 Å². The number of amides is 1. The van der Waals surface area contributed by atoms with Gasteiger partial charge in [-0.1, -0.05) is 24.3 Å². The first-order valence-electron chi connectivity index (χ1n) is 7.23. The molecule has 0 saturated carbocycles. The average Bonchev–Trinajstić information content (AvgIpc) is 2.48. The lowest BCUT2D eigenvalue weighted by molar-refractivity contribution is 0.148. The van der Waals surface area contributed by atoms with Crippen molar-refractivity contribution in [3.8, 4) is 5.75 Å². The number of hydrogen-bond acceptors (Lipinski definition) is 3. The van der Waals surface area contributed by atoms with Gasteiger partial charge in [0.1, 0.15) is 5.75 Å². The summed E-state index contributed by atoms with van der Waals surface area (Å²) in [6, 6.07) is 10.4. The lowest BCUT2D eigenvalue weighted by Gasteiger charge is -2.26. The number of hydrogen-bond donors (Lipinski definition) is 1. The minimum atomic E-state index is -0.341. The van der Waals surface area contributed by atoms with Crippen LogP contribution in [0, 0.1) is 0 Å². The van der Waals surface area contributed by atoms with Gasteiger partial charge in [0.05, 0.1) is 13.7 Å². The summed E-state index contributed by atoms with van der Waals surface area (Å²) in [4.78, 5) is 11.6. The van der Waals surface area contributed by atoms with Crippen LogP contribution in [0.1, 0.15) is 18.1 Å². The highest BCUT2D eigenvalue weighted by Crippen LogP contribution is 2.35. The van der Waals surface area contributed by atoms with E-state index in [1.165, 1.54) is 16.5 Å². The molecule has 1 atom stereocenters. The van der Waals surface area contributed by atoms with Gasteiger partial charge in [-0.15, -0.1) is 0 Å². The highest BCUT2D eigenvalue weighted by Gasteiger charge is 2.23. The summed E-state index contributed by atoms with van der Waals surface area (Å²) in [5, 5.41) is 5.34.